The van der Waals surface area contributed by atoms with Crippen LogP contribution in [0.2, 0.25) is 0 Å². The Balaban J connectivity index is 2.81. The van der Waals surface area contributed by atoms with Crippen LogP contribution in [0.25, 0.3) is 0 Å². The second-order valence-electron chi connectivity index (χ2n) is 4.45. The monoisotopic (exact) mass is 298 g/mol. The van der Waals surface area contributed by atoms with Gasteiger partial charge in [-0.3, -0.25) is 4.79 Å². The van der Waals surface area contributed by atoms with Gasteiger partial charge in [0.05, 0.1) is 5.69 Å². The van der Waals surface area contributed by atoms with Crippen LogP contribution in [0.1, 0.15) is 17.3 Å². The van der Waals surface area contributed by atoms with Crippen LogP contribution in [0.4, 0.5) is 5.69 Å². The Morgan fingerprint density at radius 3 is 2.35 bits per heavy atom. The van der Waals surface area contributed by atoms with Crippen LogP contribution in [0.3, 0.4) is 0 Å². The summed E-state index contributed by atoms with van der Waals surface area (Å²) in [6, 6.07) is 5.73. The average molecular weight is 299 g/mol. The zero-order valence-electron chi connectivity index (χ0n) is 10.8. The Bertz CT molecular complexity index is 404. The fourth-order valence-corrected chi connectivity index (χ4v) is 2.19. The summed E-state index contributed by atoms with van der Waals surface area (Å²) >= 11 is 3.52. The van der Waals surface area contributed by atoms with E-state index in [0.29, 0.717) is 0 Å². The first-order chi connectivity index (χ1) is 7.91. The molecule has 0 unspecified atom stereocenters. The molecule has 0 amide bonds. The summed E-state index contributed by atoms with van der Waals surface area (Å²) in [4.78, 5) is 15.6. The molecular weight excluding hydrogens is 280 g/mol. The van der Waals surface area contributed by atoms with Crippen molar-refractivity contribution in [1.82, 2.24) is 4.90 Å². The third-order valence-electron chi connectivity index (χ3n) is 2.65. The largest absolute Gasteiger partial charge is 0.372 e. The molecule has 0 aromatic heterocycles. The van der Waals surface area contributed by atoms with Gasteiger partial charge in [0.1, 0.15) is 0 Å². The molecule has 0 aliphatic heterocycles. The van der Waals surface area contributed by atoms with Crippen molar-refractivity contribution >= 4 is 27.4 Å². The average Bonchev–Trinajstić information content (AvgIpc) is 2.25. The Morgan fingerprint density at radius 1 is 1.24 bits per heavy atom. The lowest BCUT2D eigenvalue weighted by molar-refractivity contribution is 0.101. The molecule has 0 fully saturated rings. The Labute approximate surface area is 112 Å². The topological polar surface area (TPSA) is 23.6 Å². The van der Waals surface area contributed by atoms with Crippen LogP contribution in [0, 0.1) is 0 Å². The van der Waals surface area contributed by atoms with Gasteiger partial charge in [0.25, 0.3) is 0 Å². The van der Waals surface area contributed by atoms with Crippen LogP contribution in [0.15, 0.2) is 22.7 Å². The molecule has 0 saturated heterocycles. The van der Waals surface area contributed by atoms with Crippen molar-refractivity contribution in [1.29, 1.82) is 0 Å². The van der Waals surface area contributed by atoms with Crippen molar-refractivity contribution in [3.63, 3.8) is 0 Å². The minimum absolute atomic E-state index is 0.0909. The van der Waals surface area contributed by atoms with Crippen LogP contribution in [-0.4, -0.2) is 44.9 Å². The molecule has 1 aromatic rings. The first-order valence-electron chi connectivity index (χ1n) is 5.58. The quantitative estimate of drug-likeness (QED) is 0.781. The summed E-state index contributed by atoms with van der Waals surface area (Å²) in [7, 11) is 6.17. The van der Waals surface area contributed by atoms with E-state index in [1.54, 1.807) is 6.92 Å². The number of benzene rings is 1. The molecule has 0 aliphatic rings. The molecule has 0 saturated carbocycles. The third-order valence-corrected chi connectivity index (χ3v) is 3.28. The number of anilines is 1. The van der Waals surface area contributed by atoms with E-state index in [4.69, 9.17) is 0 Å². The van der Waals surface area contributed by atoms with E-state index in [2.05, 4.69) is 46.9 Å². The van der Waals surface area contributed by atoms with Gasteiger partial charge in [-0.25, -0.2) is 0 Å². The zero-order valence-corrected chi connectivity index (χ0v) is 12.4. The standard InChI is InChI=1S/C13H19BrN2O/c1-10(17)11-5-6-13(12(14)9-11)16(4)8-7-15(2)3/h5-6,9H,7-8H2,1-4H3. The molecule has 0 spiro atoms. The number of ketones is 1. The van der Waals surface area contributed by atoms with Gasteiger partial charge in [-0.05, 0) is 55.1 Å². The SMILES string of the molecule is CC(=O)c1ccc(N(C)CCN(C)C)c(Br)c1. The molecule has 0 radical (unpaired) electrons. The van der Waals surface area contributed by atoms with E-state index >= 15 is 0 Å². The van der Waals surface area contributed by atoms with Gasteiger partial charge in [0.15, 0.2) is 5.78 Å². The number of carbonyl (C=O) groups is 1. The Hall–Kier alpha value is -0.870. The normalized spacial score (nSPS) is 10.7. The highest BCUT2D eigenvalue weighted by atomic mass is 79.9. The molecule has 0 aliphatic carbocycles. The van der Waals surface area contributed by atoms with Crippen molar-refractivity contribution in [2.45, 2.75) is 6.92 Å². The molecular formula is C13H19BrN2O. The maximum atomic E-state index is 11.3. The molecule has 17 heavy (non-hydrogen) atoms. The maximum absolute atomic E-state index is 11.3. The fourth-order valence-electron chi connectivity index (χ4n) is 1.51. The van der Waals surface area contributed by atoms with E-state index in [1.165, 1.54) is 0 Å². The predicted octanol–water partition coefficient (Wildman–Crippen LogP) is 2.65. The minimum atomic E-state index is 0.0909. The summed E-state index contributed by atoms with van der Waals surface area (Å²) in [6.07, 6.45) is 0. The summed E-state index contributed by atoms with van der Waals surface area (Å²) in [5, 5.41) is 0. The van der Waals surface area contributed by atoms with Crippen LogP contribution < -0.4 is 4.90 Å². The van der Waals surface area contributed by atoms with Crippen molar-refractivity contribution in [2.24, 2.45) is 0 Å². The van der Waals surface area contributed by atoms with Gasteiger partial charge in [-0.2, -0.15) is 0 Å². The van der Waals surface area contributed by atoms with Crippen LogP contribution in [-0.2, 0) is 0 Å². The lowest BCUT2D eigenvalue weighted by Gasteiger charge is -2.23. The second-order valence-corrected chi connectivity index (χ2v) is 5.30. The molecule has 4 heteroatoms. The van der Waals surface area contributed by atoms with Crippen molar-refractivity contribution in [3.8, 4) is 0 Å². The highest BCUT2D eigenvalue weighted by Crippen LogP contribution is 2.26. The second kappa shape index (κ2) is 6.17. The smallest absolute Gasteiger partial charge is 0.159 e. The number of halogens is 1. The number of rotatable bonds is 5. The third kappa shape index (κ3) is 4.13. The molecule has 0 heterocycles. The number of hydrogen-bond acceptors (Lipinski definition) is 3. The summed E-state index contributed by atoms with van der Waals surface area (Å²) in [5.74, 6) is 0.0909. The molecule has 1 aromatic carbocycles. The van der Waals surface area contributed by atoms with E-state index in [9.17, 15) is 4.79 Å². The molecule has 0 N–H and O–H groups in total. The first-order valence-corrected chi connectivity index (χ1v) is 6.37. The zero-order chi connectivity index (χ0) is 13.0. The number of hydrogen-bond donors (Lipinski definition) is 0. The lowest BCUT2D eigenvalue weighted by Crippen LogP contribution is -2.28. The van der Waals surface area contributed by atoms with Gasteiger partial charge in [0, 0.05) is 30.2 Å². The first kappa shape index (κ1) is 14.2. The molecule has 0 atom stereocenters. The summed E-state index contributed by atoms with van der Waals surface area (Å²) in [6.45, 7) is 3.53. The van der Waals surface area contributed by atoms with E-state index < -0.39 is 0 Å². The van der Waals surface area contributed by atoms with Gasteiger partial charge in [-0.1, -0.05) is 0 Å². The van der Waals surface area contributed by atoms with Crippen LogP contribution in [0.5, 0.6) is 0 Å². The van der Waals surface area contributed by atoms with Gasteiger partial charge < -0.3 is 9.80 Å². The highest BCUT2D eigenvalue weighted by Gasteiger charge is 2.08. The number of carbonyl (C=O) groups excluding carboxylic acids is 1. The Morgan fingerprint density at radius 2 is 1.88 bits per heavy atom. The Kier molecular flexibility index (Phi) is 5.15. The number of Topliss-reactive ketones (excluding diaryl/α,β-unsaturated/α-hetero) is 1. The fraction of sp³-hybridized carbons (Fsp3) is 0.462. The molecule has 94 valence electrons. The van der Waals surface area contributed by atoms with Crippen LogP contribution >= 0.6 is 15.9 Å². The highest BCUT2D eigenvalue weighted by molar-refractivity contribution is 9.10. The molecule has 1 rings (SSSR count). The lowest BCUT2D eigenvalue weighted by atomic mass is 10.1. The van der Waals surface area contributed by atoms with Crippen molar-refractivity contribution in [2.75, 3.05) is 39.1 Å². The molecule has 3 nitrogen and oxygen atoms in total. The minimum Gasteiger partial charge on any atom is -0.372 e. The van der Waals surface area contributed by atoms with Gasteiger partial charge in [-0.15, -0.1) is 0 Å². The predicted molar refractivity (Wildman–Crippen MR) is 76.0 cm³/mol. The van der Waals surface area contributed by atoms with E-state index in [0.717, 1.165) is 28.8 Å². The van der Waals surface area contributed by atoms with E-state index in [-0.39, 0.29) is 5.78 Å². The summed E-state index contributed by atoms with van der Waals surface area (Å²) in [5.41, 5.74) is 1.85. The summed E-state index contributed by atoms with van der Waals surface area (Å²) < 4.78 is 0.964. The number of likely N-dealkylation sites (N-methyl/N-ethyl adjacent to an activating group) is 2. The maximum Gasteiger partial charge on any atom is 0.159 e. The number of nitrogens with zero attached hydrogens (tertiary/aromatic N) is 2. The van der Waals surface area contributed by atoms with Gasteiger partial charge >= 0.3 is 0 Å². The molecule has 0 bridgehead atoms. The van der Waals surface area contributed by atoms with Gasteiger partial charge in [0.2, 0.25) is 0 Å². The van der Waals surface area contributed by atoms with Crippen molar-refractivity contribution < 1.29 is 4.79 Å². The van der Waals surface area contributed by atoms with E-state index in [1.807, 2.05) is 18.2 Å². The van der Waals surface area contributed by atoms with Crippen molar-refractivity contribution in [3.05, 3.63) is 28.2 Å².